The van der Waals surface area contributed by atoms with Gasteiger partial charge in [0.2, 0.25) is 10.0 Å². The molecule has 0 aliphatic carbocycles. The number of nitrogens with zero attached hydrogens (tertiary/aromatic N) is 4. The Hall–Kier alpha value is -1.73. The number of aromatic nitrogens is 3. The van der Waals surface area contributed by atoms with E-state index in [1.54, 1.807) is 10.5 Å². The topological polar surface area (TPSA) is 68.1 Å². The van der Waals surface area contributed by atoms with E-state index < -0.39 is 10.0 Å². The van der Waals surface area contributed by atoms with Crippen LogP contribution in [0.5, 0.6) is 0 Å². The van der Waals surface area contributed by atoms with Crippen molar-refractivity contribution < 1.29 is 8.42 Å². The minimum absolute atomic E-state index is 0.149. The van der Waals surface area contributed by atoms with E-state index in [0.717, 1.165) is 36.5 Å². The van der Waals surface area contributed by atoms with Gasteiger partial charge in [-0.3, -0.25) is 9.67 Å². The molecule has 0 amide bonds. The first kappa shape index (κ1) is 16.1. The van der Waals surface area contributed by atoms with Crippen LogP contribution >= 0.6 is 0 Å². The molecular weight excluding hydrogens is 312 g/mol. The Morgan fingerprint density at radius 3 is 2.87 bits per heavy atom. The van der Waals surface area contributed by atoms with Crippen LogP contribution in [0.25, 0.3) is 11.4 Å². The molecule has 1 saturated heterocycles. The predicted octanol–water partition coefficient (Wildman–Crippen LogP) is 2.10. The molecule has 1 aliphatic rings. The Morgan fingerprint density at radius 2 is 2.13 bits per heavy atom. The van der Waals surface area contributed by atoms with Gasteiger partial charge < -0.3 is 0 Å². The van der Waals surface area contributed by atoms with E-state index in [2.05, 4.69) is 5.10 Å². The second kappa shape index (κ2) is 6.41. The van der Waals surface area contributed by atoms with E-state index >= 15 is 0 Å². The Labute approximate surface area is 137 Å². The summed E-state index contributed by atoms with van der Waals surface area (Å²) in [5.41, 5.74) is 2.84. The molecule has 0 aromatic carbocycles. The van der Waals surface area contributed by atoms with Crippen molar-refractivity contribution in [2.24, 2.45) is 0 Å². The van der Waals surface area contributed by atoms with Crippen molar-refractivity contribution in [3.8, 4) is 11.4 Å². The van der Waals surface area contributed by atoms with E-state index in [0.29, 0.717) is 13.1 Å². The van der Waals surface area contributed by atoms with Crippen LogP contribution in [0.2, 0.25) is 0 Å². The third-order valence-corrected chi connectivity index (χ3v) is 5.59. The van der Waals surface area contributed by atoms with Gasteiger partial charge in [-0.25, -0.2) is 12.7 Å². The smallest absolute Gasteiger partial charge is 0.211 e. The van der Waals surface area contributed by atoms with E-state index in [1.165, 1.54) is 6.26 Å². The van der Waals surface area contributed by atoms with Gasteiger partial charge in [0.15, 0.2) is 0 Å². The van der Waals surface area contributed by atoms with Crippen LogP contribution in [0.1, 0.15) is 31.4 Å². The zero-order valence-corrected chi connectivity index (χ0v) is 14.3. The van der Waals surface area contributed by atoms with Crippen molar-refractivity contribution in [2.75, 3.05) is 19.3 Å². The van der Waals surface area contributed by atoms with Crippen LogP contribution in [0.15, 0.2) is 30.5 Å². The lowest BCUT2D eigenvalue weighted by molar-refractivity contribution is 0.314. The maximum atomic E-state index is 11.8. The molecule has 7 heteroatoms. The van der Waals surface area contributed by atoms with Gasteiger partial charge in [0.05, 0.1) is 17.6 Å². The van der Waals surface area contributed by atoms with Gasteiger partial charge in [-0.1, -0.05) is 6.07 Å². The molecule has 3 heterocycles. The molecule has 0 saturated carbocycles. The monoisotopic (exact) mass is 334 g/mol. The van der Waals surface area contributed by atoms with Crippen LogP contribution in [0.3, 0.4) is 0 Å². The molecule has 23 heavy (non-hydrogen) atoms. The fourth-order valence-electron chi connectivity index (χ4n) is 3.11. The van der Waals surface area contributed by atoms with E-state index in [1.807, 2.05) is 35.9 Å². The molecule has 1 atom stereocenters. The van der Waals surface area contributed by atoms with Gasteiger partial charge in [-0.05, 0) is 38.0 Å². The second-order valence-electron chi connectivity index (χ2n) is 5.94. The highest BCUT2D eigenvalue weighted by atomic mass is 32.2. The number of piperidine rings is 1. The Kier molecular flexibility index (Phi) is 4.50. The first-order valence-electron chi connectivity index (χ1n) is 7.93. The van der Waals surface area contributed by atoms with Crippen LogP contribution in [0, 0.1) is 0 Å². The highest BCUT2D eigenvalue weighted by Gasteiger charge is 2.27. The summed E-state index contributed by atoms with van der Waals surface area (Å²) in [6, 6.07) is 7.92. The molecule has 2 aromatic heterocycles. The van der Waals surface area contributed by atoms with Crippen LogP contribution in [0.4, 0.5) is 0 Å². The molecular formula is C16H22N4O2S. The van der Waals surface area contributed by atoms with Crippen LogP contribution in [-0.4, -0.2) is 46.8 Å². The highest BCUT2D eigenvalue weighted by molar-refractivity contribution is 7.88. The molecule has 3 rings (SSSR count). The predicted molar refractivity (Wildman–Crippen MR) is 89.5 cm³/mol. The summed E-state index contributed by atoms with van der Waals surface area (Å²) in [7, 11) is -3.14. The fraction of sp³-hybridized carbons (Fsp3) is 0.500. The van der Waals surface area contributed by atoms with Crippen LogP contribution < -0.4 is 0 Å². The lowest BCUT2D eigenvalue weighted by Gasteiger charge is -2.30. The molecule has 0 radical (unpaired) electrons. The van der Waals surface area contributed by atoms with Crippen molar-refractivity contribution in [3.63, 3.8) is 0 Å². The first-order chi connectivity index (χ1) is 11.0. The van der Waals surface area contributed by atoms with Gasteiger partial charge in [0, 0.05) is 37.4 Å². The Balaban J connectivity index is 1.88. The van der Waals surface area contributed by atoms with Crippen molar-refractivity contribution in [1.82, 2.24) is 19.1 Å². The molecule has 0 bridgehead atoms. The number of rotatable bonds is 4. The maximum Gasteiger partial charge on any atom is 0.211 e. The van der Waals surface area contributed by atoms with Crippen molar-refractivity contribution >= 4 is 10.0 Å². The Bertz CT molecular complexity index is 785. The lowest BCUT2D eigenvalue weighted by atomic mass is 9.95. The molecule has 0 unspecified atom stereocenters. The fourth-order valence-corrected chi connectivity index (χ4v) is 4.02. The van der Waals surface area contributed by atoms with Crippen molar-refractivity contribution in [2.45, 2.75) is 32.2 Å². The SMILES string of the molecule is CCn1nccc1-c1cccc([C@H]2CCCN(S(C)(=O)=O)C2)n1. The molecule has 0 N–H and O–H groups in total. The third-order valence-electron chi connectivity index (χ3n) is 4.32. The molecule has 2 aromatic rings. The molecule has 6 nitrogen and oxygen atoms in total. The second-order valence-corrected chi connectivity index (χ2v) is 7.92. The van der Waals surface area contributed by atoms with Gasteiger partial charge in [0.25, 0.3) is 0 Å². The summed E-state index contributed by atoms with van der Waals surface area (Å²) in [4.78, 5) is 4.78. The molecule has 0 spiro atoms. The number of sulfonamides is 1. The van der Waals surface area contributed by atoms with Crippen molar-refractivity contribution in [3.05, 3.63) is 36.2 Å². The largest absolute Gasteiger partial charge is 0.264 e. The third kappa shape index (κ3) is 3.45. The summed E-state index contributed by atoms with van der Waals surface area (Å²) in [6.07, 6.45) is 4.89. The van der Waals surface area contributed by atoms with Crippen molar-refractivity contribution in [1.29, 1.82) is 0 Å². The number of aryl methyl sites for hydroxylation is 1. The van der Waals surface area contributed by atoms with Gasteiger partial charge in [-0.2, -0.15) is 5.10 Å². The summed E-state index contributed by atoms with van der Waals surface area (Å²) in [5, 5.41) is 4.29. The lowest BCUT2D eigenvalue weighted by Crippen LogP contribution is -2.38. The minimum atomic E-state index is -3.14. The molecule has 124 valence electrons. The Morgan fingerprint density at radius 1 is 1.30 bits per heavy atom. The summed E-state index contributed by atoms with van der Waals surface area (Å²) < 4.78 is 27.1. The standard InChI is InChI=1S/C16H22N4O2S/c1-3-20-16(9-10-17-20)15-8-4-7-14(18-15)13-6-5-11-19(12-13)23(2,21)22/h4,7-10,13H,3,5-6,11-12H2,1-2H3/t13-/m0/s1. The normalized spacial score (nSPS) is 19.8. The summed E-state index contributed by atoms with van der Waals surface area (Å²) in [6.45, 7) is 3.96. The number of pyridine rings is 1. The average molecular weight is 334 g/mol. The summed E-state index contributed by atoms with van der Waals surface area (Å²) in [5.74, 6) is 0.149. The maximum absolute atomic E-state index is 11.8. The molecule has 1 fully saturated rings. The van der Waals surface area contributed by atoms with Crippen LogP contribution in [-0.2, 0) is 16.6 Å². The summed E-state index contributed by atoms with van der Waals surface area (Å²) >= 11 is 0. The van der Waals surface area contributed by atoms with E-state index in [9.17, 15) is 8.42 Å². The highest BCUT2D eigenvalue weighted by Crippen LogP contribution is 2.28. The minimum Gasteiger partial charge on any atom is -0.264 e. The van der Waals surface area contributed by atoms with Gasteiger partial charge in [-0.15, -0.1) is 0 Å². The zero-order chi connectivity index (χ0) is 16.4. The van der Waals surface area contributed by atoms with Gasteiger partial charge in [0.1, 0.15) is 0 Å². The quantitative estimate of drug-likeness (QED) is 0.859. The van der Waals surface area contributed by atoms with E-state index in [4.69, 9.17) is 4.98 Å². The first-order valence-corrected chi connectivity index (χ1v) is 9.78. The number of hydrogen-bond acceptors (Lipinski definition) is 4. The average Bonchev–Trinajstić information content (AvgIpc) is 3.03. The van der Waals surface area contributed by atoms with E-state index in [-0.39, 0.29) is 5.92 Å². The zero-order valence-electron chi connectivity index (χ0n) is 13.5. The molecule has 1 aliphatic heterocycles. The number of hydrogen-bond donors (Lipinski definition) is 0. The van der Waals surface area contributed by atoms with Gasteiger partial charge >= 0.3 is 0 Å².